The van der Waals surface area contributed by atoms with Crippen LogP contribution in [-0.2, 0) is 23.8 Å². The maximum Gasteiger partial charge on any atom is 0.306 e. The number of hydrogen-bond donors (Lipinski definition) is 0. The van der Waals surface area contributed by atoms with Gasteiger partial charge in [0.2, 0.25) is 0 Å². The number of allylic oxidation sites excluding steroid dienone is 6. The number of rotatable bonds is 49. The molecule has 0 fully saturated rings. The minimum atomic E-state index is -0.536. The van der Waals surface area contributed by atoms with Crippen molar-refractivity contribution < 1.29 is 23.8 Å². The quantitative estimate of drug-likeness (QED) is 0.0347. The number of ether oxygens (including phenoxy) is 3. The van der Waals surface area contributed by atoms with Crippen molar-refractivity contribution in [2.45, 2.75) is 284 Å². The third kappa shape index (κ3) is 48.8. The van der Waals surface area contributed by atoms with E-state index in [2.05, 4.69) is 57.2 Å². The molecule has 0 saturated heterocycles. The lowest BCUT2D eigenvalue weighted by Gasteiger charge is -2.18. The SMILES string of the molecule is CC/C=C\C/C=C\C/C=C\CCCCCCCC(=O)OCC(COCCCCCCCCCCCCCCCCCC)OC(=O)CCCCCCCCCCCCCCC. The maximum absolute atomic E-state index is 12.8. The predicted molar refractivity (Wildman–Crippen MR) is 261 cm³/mol. The van der Waals surface area contributed by atoms with Crippen LogP contribution in [0, 0.1) is 0 Å². The van der Waals surface area contributed by atoms with Crippen LogP contribution in [0.1, 0.15) is 278 Å². The lowest BCUT2D eigenvalue weighted by Crippen LogP contribution is -2.30. The molecule has 0 aromatic heterocycles. The summed E-state index contributed by atoms with van der Waals surface area (Å²) in [5, 5.41) is 0. The highest BCUT2D eigenvalue weighted by Gasteiger charge is 2.17. The number of esters is 2. The summed E-state index contributed by atoms with van der Waals surface area (Å²) < 4.78 is 17.4. The molecule has 0 saturated carbocycles. The van der Waals surface area contributed by atoms with E-state index >= 15 is 0 Å². The van der Waals surface area contributed by atoms with Crippen molar-refractivity contribution in [3.05, 3.63) is 36.5 Å². The Morgan fingerprint density at radius 3 is 1.20 bits per heavy atom. The zero-order valence-electron chi connectivity index (χ0n) is 40.5. The van der Waals surface area contributed by atoms with Crippen molar-refractivity contribution in [2.75, 3.05) is 19.8 Å². The van der Waals surface area contributed by atoms with Gasteiger partial charge < -0.3 is 14.2 Å². The number of carbonyl (C=O) groups excluding carboxylic acids is 2. The van der Waals surface area contributed by atoms with E-state index in [1.165, 1.54) is 180 Å². The molecule has 0 N–H and O–H groups in total. The molecule has 0 aromatic carbocycles. The zero-order valence-corrected chi connectivity index (χ0v) is 40.5. The van der Waals surface area contributed by atoms with Crippen molar-refractivity contribution in [2.24, 2.45) is 0 Å². The van der Waals surface area contributed by atoms with Crippen LogP contribution in [0.4, 0.5) is 0 Å². The fourth-order valence-corrected chi connectivity index (χ4v) is 7.76. The van der Waals surface area contributed by atoms with Crippen LogP contribution in [0.2, 0.25) is 0 Å². The third-order valence-electron chi connectivity index (χ3n) is 11.7. The van der Waals surface area contributed by atoms with Gasteiger partial charge in [-0.1, -0.05) is 250 Å². The summed E-state index contributed by atoms with van der Waals surface area (Å²) >= 11 is 0. The van der Waals surface area contributed by atoms with Crippen molar-refractivity contribution >= 4 is 11.9 Å². The Morgan fingerprint density at radius 2 is 0.750 bits per heavy atom. The molecule has 0 aliphatic rings. The highest BCUT2D eigenvalue weighted by Crippen LogP contribution is 2.16. The molecule has 5 heteroatoms. The third-order valence-corrected chi connectivity index (χ3v) is 11.7. The van der Waals surface area contributed by atoms with Crippen LogP contribution in [-0.4, -0.2) is 37.9 Å². The van der Waals surface area contributed by atoms with Gasteiger partial charge in [0.1, 0.15) is 6.61 Å². The molecule has 0 amide bonds. The molecule has 0 bridgehead atoms. The molecule has 0 rings (SSSR count). The Hall–Kier alpha value is -1.88. The Balaban J connectivity index is 4.24. The van der Waals surface area contributed by atoms with Crippen molar-refractivity contribution in [3.63, 3.8) is 0 Å². The highest BCUT2D eigenvalue weighted by atomic mass is 16.6. The molecule has 352 valence electrons. The van der Waals surface area contributed by atoms with Crippen molar-refractivity contribution in [3.8, 4) is 0 Å². The van der Waals surface area contributed by atoms with Gasteiger partial charge >= 0.3 is 11.9 Å². The lowest BCUT2D eigenvalue weighted by atomic mass is 10.0. The highest BCUT2D eigenvalue weighted by molar-refractivity contribution is 5.70. The summed E-state index contributed by atoms with van der Waals surface area (Å²) in [7, 11) is 0. The number of carbonyl (C=O) groups is 2. The van der Waals surface area contributed by atoms with Crippen LogP contribution in [0.3, 0.4) is 0 Å². The first-order valence-corrected chi connectivity index (χ1v) is 26.5. The average molecular weight is 843 g/mol. The van der Waals surface area contributed by atoms with Gasteiger partial charge in [-0.15, -0.1) is 0 Å². The van der Waals surface area contributed by atoms with E-state index in [1.807, 2.05) is 0 Å². The Morgan fingerprint density at radius 1 is 0.383 bits per heavy atom. The van der Waals surface area contributed by atoms with E-state index in [0.29, 0.717) is 19.4 Å². The second-order valence-electron chi connectivity index (χ2n) is 17.8. The van der Waals surface area contributed by atoms with Gasteiger partial charge in [-0.05, 0) is 51.4 Å². The van der Waals surface area contributed by atoms with Crippen LogP contribution < -0.4 is 0 Å². The zero-order chi connectivity index (χ0) is 43.5. The smallest absolute Gasteiger partial charge is 0.306 e. The van der Waals surface area contributed by atoms with Gasteiger partial charge in [0.05, 0.1) is 6.61 Å². The topological polar surface area (TPSA) is 61.8 Å². The van der Waals surface area contributed by atoms with Crippen LogP contribution in [0.5, 0.6) is 0 Å². The lowest BCUT2D eigenvalue weighted by molar-refractivity contribution is -0.163. The maximum atomic E-state index is 12.8. The average Bonchev–Trinajstić information content (AvgIpc) is 3.25. The minimum Gasteiger partial charge on any atom is -0.462 e. The van der Waals surface area contributed by atoms with Gasteiger partial charge in [0, 0.05) is 19.4 Å². The molecule has 0 aliphatic heterocycles. The first-order chi connectivity index (χ1) is 29.6. The minimum absolute atomic E-state index is 0.0824. The summed E-state index contributed by atoms with van der Waals surface area (Å²) in [5.74, 6) is -0.400. The summed E-state index contributed by atoms with van der Waals surface area (Å²) in [6.45, 7) is 7.75. The van der Waals surface area contributed by atoms with Crippen LogP contribution in [0.25, 0.3) is 0 Å². The second-order valence-corrected chi connectivity index (χ2v) is 17.8. The molecule has 0 aliphatic carbocycles. The molecular formula is C55H102O5. The van der Waals surface area contributed by atoms with E-state index in [1.54, 1.807) is 0 Å². The summed E-state index contributed by atoms with van der Waals surface area (Å²) in [6, 6.07) is 0. The largest absolute Gasteiger partial charge is 0.462 e. The molecule has 60 heavy (non-hydrogen) atoms. The van der Waals surface area contributed by atoms with Gasteiger partial charge in [-0.2, -0.15) is 0 Å². The van der Waals surface area contributed by atoms with Gasteiger partial charge in [-0.25, -0.2) is 0 Å². The monoisotopic (exact) mass is 843 g/mol. The summed E-state index contributed by atoms with van der Waals surface area (Å²) in [4.78, 5) is 25.4. The number of unbranched alkanes of at least 4 members (excludes halogenated alkanes) is 32. The Kier molecular flexibility index (Phi) is 49.9. The predicted octanol–water partition coefficient (Wildman–Crippen LogP) is 17.8. The molecule has 1 atom stereocenters. The number of hydrogen-bond acceptors (Lipinski definition) is 5. The molecule has 0 radical (unpaired) electrons. The van der Waals surface area contributed by atoms with Crippen LogP contribution in [0.15, 0.2) is 36.5 Å². The molecular weight excluding hydrogens is 741 g/mol. The molecule has 1 unspecified atom stereocenters. The van der Waals surface area contributed by atoms with Gasteiger partial charge in [0.15, 0.2) is 6.10 Å². The van der Waals surface area contributed by atoms with Gasteiger partial charge in [-0.3, -0.25) is 9.59 Å². The molecule has 0 aromatic rings. The standard InChI is InChI=1S/C55H102O5/c1-4-7-10-13-16-19-22-25-27-29-32-35-38-41-44-47-50-58-51-53(60-55(57)49-46-43-40-37-34-30-24-21-18-15-12-9-6-3)52-59-54(56)48-45-42-39-36-33-31-28-26-23-20-17-14-11-8-5-2/h8,11,17,20,26,28,53H,4-7,9-10,12-16,18-19,21-25,27,29-52H2,1-3H3/b11-8-,20-17-,28-26-. The van der Waals surface area contributed by atoms with E-state index in [0.717, 1.165) is 64.2 Å². The fraction of sp³-hybridized carbons (Fsp3) is 0.855. The second kappa shape index (κ2) is 51.5. The normalized spacial score (nSPS) is 12.4. The summed E-state index contributed by atoms with van der Waals surface area (Å²) in [6.07, 6.45) is 61.5. The van der Waals surface area contributed by atoms with E-state index in [4.69, 9.17) is 14.2 Å². The Bertz CT molecular complexity index is 955. The van der Waals surface area contributed by atoms with Crippen molar-refractivity contribution in [1.29, 1.82) is 0 Å². The van der Waals surface area contributed by atoms with E-state index < -0.39 is 6.10 Å². The first kappa shape index (κ1) is 58.1. The van der Waals surface area contributed by atoms with Crippen LogP contribution >= 0.6 is 0 Å². The van der Waals surface area contributed by atoms with E-state index in [-0.39, 0.29) is 25.2 Å². The van der Waals surface area contributed by atoms with E-state index in [9.17, 15) is 9.59 Å². The summed E-state index contributed by atoms with van der Waals surface area (Å²) in [5.41, 5.74) is 0. The van der Waals surface area contributed by atoms with Crippen molar-refractivity contribution in [1.82, 2.24) is 0 Å². The molecule has 5 nitrogen and oxygen atoms in total. The molecule has 0 heterocycles. The van der Waals surface area contributed by atoms with Gasteiger partial charge in [0.25, 0.3) is 0 Å². The first-order valence-electron chi connectivity index (χ1n) is 26.5. The fourth-order valence-electron chi connectivity index (χ4n) is 7.76. The molecule has 0 spiro atoms. The Labute approximate surface area is 374 Å².